The van der Waals surface area contributed by atoms with Gasteiger partial charge < -0.3 is 14.3 Å². The van der Waals surface area contributed by atoms with Gasteiger partial charge in [-0.2, -0.15) is 0 Å². The zero-order chi connectivity index (χ0) is 10.7. The third kappa shape index (κ3) is 1.99. The summed E-state index contributed by atoms with van der Waals surface area (Å²) in [5, 5.41) is 9.92. The number of aliphatic hydroxyl groups excluding tert-OH is 1. The summed E-state index contributed by atoms with van der Waals surface area (Å²) in [7, 11) is 1.54. The SMILES string of the molecule is COc1cccc(C(O)c2ccoc2)n1. The van der Waals surface area contributed by atoms with E-state index in [0.717, 1.165) is 0 Å². The summed E-state index contributed by atoms with van der Waals surface area (Å²) in [6, 6.07) is 6.95. The van der Waals surface area contributed by atoms with Crippen LogP contribution in [0.15, 0.2) is 41.2 Å². The van der Waals surface area contributed by atoms with Gasteiger partial charge in [0, 0.05) is 11.6 Å². The van der Waals surface area contributed by atoms with Crippen molar-refractivity contribution in [2.75, 3.05) is 7.11 Å². The predicted octanol–water partition coefficient (Wildman–Crippen LogP) is 1.76. The fourth-order valence-corrected chi connectivity index (χ4v) is 1.30. The number of hydrogen-bond donors (Lipinski definition) is 1. The third-order valence-corrected chi connectivity index (χ3v) is 2.09. The smallest absolute Gasteiger partial charge is 0.213 e. The second-order valence-electron chi connectivity index (χ2n) is 3.06. The van der Waals surface area contributed by atoms with Gasteiger partial charge >= 0.3 is 0 Å². The summed E-state index contributed by atoms with van der Waals surface area (Å²) in [4.78, 5) is 4.13. The normalized spacial score (nSPS) is 12.4. The minimum Gasteiger partial charge on any atom is -0.481 e. The van der Waals surface area contributed by atoms with Gasteiger partial charge in [0.05, 0.1) is 25.3 Å². The van der Waals surface area contributed by atoms with E-state index < -0.39 is 6.10 Å². The first-order valence-electron chi connectivity index (χ1n) is 4.52. The molecule has 0 aromatic carbocycles. The van der Waals surface area contributed by atoms with Gasteiger partial charge in [0.15, 0.2) is 0 Å². The molecule has 0 aliphatic carbocycles. The largest absolute Gasteiger partial charge is 0.481 e. The van der Waals surface area contributed by atoms with Crippen LogP contribution in [0, 0.1) is 0 Å². The molecule has 2 aromatic heterocycles. The van der Waals surface area contributed by atoms with Crippen LogP contribution in [0.3, 0.4) is 0 Å². The van der Waals surface area contributed by atoms with E-state index in [1.807, 2.05) is 0 Å². The third-order valence-electron chi connectivity index (χ3n) is 2.09. The molecule has 0 bridgehead atoms. The Morgan fingerprint density at radius 1 is 1.40 bits per heavy atom. The van der Waals surface area contributed by atoms with E-state index in [0.29, 0.717) is 17.1 Å². The van der Waals surface area contributed by atoms with Gasteiger partial charge in [0.25, 0.3) is 0 Å². The molecule has 0 saturated heterocycles. The number of nitrogens with zero attached hydrogens (tertiary/aromatic N) is 1. The van der Waals surface area contributed by atoms with Crippen LogP contribution in [0.4, 0.5) is 0 Å². The van der Waals surface area contributed by atoms with Crippen molar-refractivity contribution in [3.8, 4) is 5.88 Å². The Bertz CT molecular complexity index is 425. The molecule has 0 saturated carbocycles. The van der Waals surface area contributed by atoms with Crippen molar-refractivity contribution in [3.63, 3.8) is 0 Å². The van der Waals surface area contributed by atoms with Crippen molar-refractivity contribution < 1.29 is 14.3 Å². The zero-order valence-electron chi connectivity index (χ0n) is 8.25. The lowest BCUT2D eigenvalue weighted by atomic mass is 10.1. The Morgan fingerprint density at radius 3 is 2.93 bits per heavy atom. The summed E-state index contributed by atoms with van der Waals surface area (Å²) in [6.07, 6.45) is 2.23. The molecule has 0 radical (unpaired) electrons. The number of furan rings is 1. The predicted molar refractivity (Wildman–Crippen MR) is 53.6 cm³/mol. The van der Waals surface area contributed by atoms with Crippen molar-refractivity contribution in [2.24, 2.45) is 0 Å². The van der Waals surface area contributed by atoms with Crippen LogP contribution in [0.25, 0.3) is 0 Å². The van der Waals surface area contributed by atoms with Crippen molar-refractivity contribution >= 4 is 0 Å². The van der Waals surface area contributed by atoms with Crippen LogP contribution in [0.1, 0.15) is 17.4 Å². The molecule has 0 amide bonds. The maximum Gasteiger partial charge on any atom is 0.213 e. The molecule has 0 aliphatic rings. The first kappa shape index (κ1) is 9.73. The van der Waals surface area contributed by atoms with Gasteiger partial charge in [0.2, 0.25) is 5.88 Å². The zero-order valence-corrected chi connectivity index (χ0v) is 8.25. The average molecular weight is 205 g/mol. The van der Waals surface area contributed by atoms with Crippen LogP contribution in [0.2, 0.25) is 0 Å². The minimum absolute atomic E-state index is 0.482. The monoisotopic (exact) mass is 205 g/mol. The molecule has 2 heterocycles. The molecule has 0 aliphatic heterocycles. The molecule has 0 fully saturated rings. The Morgan fingerprint density at radius 2 is 2.27 bits per heavy atom. The lowest BCUT2D eigenvalue weighted by Gasteiger charge is -2.08. The highest BCUT2D eigenvalue weighted by Gasteiger charge is 2.13. The van der Waals surface area contributed by atoms with E-state index in [2.05, 4.69) is 4.98 Å². The molecular formula is C11H11NO3. The van der Waals surface area contributed by atoms with E-state index in [4.69, 9.17) is 9.15 Å². The molecule has 1 N–H and O–H groups in total. The highest BCUT2D eigenvalue weighted by Crippen LogP contribution is 2.21. The van der Waals surface area contributed by atoms with Crippen molar-refractivity contribution in [3.05, 3.63) is 48.0 Å². The van der Waals surface area contributed by atoms with E-state index in [1.54, 1.807) is 24.3 Å². The van der Waals surface area contributed by atoms with Gasteiger partial charge in [-0.1, -0.05) is 6.07 Å². The quantitative estimate of drug-likeness (QED) is 0.829. The van der Waals surface area contributed by atoms with Crippen LogP contribution in [0.5, 0.6) is 5.88 Å². The van der Waals surface area contributed by atoms with Crippen LogP contribution >= 0.6 is 0 Å². The number of ether oxygens (including phenoxy) is 1. The van der Waals surface area contributed by atoms with Gasteiger partial charge in [-0.25, -0.2) is 4.98 Å². The summed E-state index contributed by atoms with van der Waals surface area (Å²) < 4.78 is 9.87. The Labute approximate surface area is 87.1 Å². The average Bonchev–Trinajstić information content (AvgIpc) is 2.81. The number of hydrogen-bond acceptors (Lipinski definition) is 4. The second-order valence-corrected chi connectivity index (χ2v) is 3.06. The molecular weight excluding hydrogens is 194 g/mol. The Hall–Kier alpha value is -1.81. The molecule has 15 heavy (non-hydrogen) atoms. The molecule has 1 unspecified atom stereocenters. The Balaban J connectivity index is 2.29. The maximum atomic E-state index is 9.92. The number of methoxy groups -OCH3 is 1. The highest BCUT2D eigenvalue weighted by atomic mass is 16.5. The molecule has 1 atom stereocenters. The van der Waals surface area contributed by atoms with Crippen molar-refractivity contribution in [1.82, 2.24) is 4.98 Å². The fraction of sp³-hybridized carbons (Fsp3) is 0.182. The van der Waals surface area contributed by atoms with Crippen molar-refractivity contribution in [1.29, 1.82) is 0 Å². The van der Waals surface area contributed by atoms with Crippen LogP contribution in [-0.4, -0.2) is 17.2 Å². The van der Waals surface area contributed by atoms with E-state index in [-0.39, 0.29) is 0 Å². The Kier molecular flexibility index (Phi) is 2.69. The van der Waals surface area contributed by atoms with Gasteiger partial charge in [-0.3, -0.25) is 0 Å². The number of aliphatic hydroxyl groups is 1. The second kappa shape index (κ2) is 4.14. The number of rotatable bonds is 3. The number of pyridine rings is 1. The molecule has 4 heteroatoms. The molecule has 4 nitrogen and oxygen atoms in total. The molecule has 2 rings (SSSR count). The number of aromatic nitrogens is 1. The van der Waals surface area contributed by atoms with Crippen LogP contribution in [-0.2, 0) is 0 Å². The minimum atomic E-state index is -0.779. The molecule has 78 valence electrons. The lowest BCUT2D eigenvalue weighted by molar-refractivity contribution is 0.212. The van der Waals surface area contributed by atoms with E-state index >= 15 is 0 Å². The highest BCUT2D eigenvalue weighted by molar-refractivity contribution is 5.24. The van der Waals surface area contributed by atoms with Gasteiger partial charge in [-0.05, 0) is 12.1 Å². The molecule has 0 spiro atoms. The summed E-state index contributed by atoms with van der Waals surface area (Å²) in [5.74, 6) is 0.482. The van der Waals surface area contributed by atoms with Crippen LogP contribution < -0.4 is 4.74 Å². The standard InChI is InChI=1S/C11H11NO3/c1-14-10-4-2-3-9(12-10)11(13)8-5-6-15-7-8/h2-7,11,13H,1H3. The van der Waals surface area contributed by atoms with E-state index in [9.17, 15) is 5.11 Å². The fourth-order valence-electron chi connectivity index (χ4n) is 1.30. The molecule has 2 aromatic rings. The van der Waals surface area contributed by atoms with Gasteiger partial charge in [0.1, 0.15) is 6.10 Å². The first-order valence-corrected chi connectivity index (χ1v) is 4.52. The van der Waals surface area contributed by atoms with Crippen molar-refractivity contribution in [2.45, 2.75) is 6.10 Å². The topological polar surface area (TPSA) is 55.5 Å². The lowest BCUT2D eigenvalue weighted by Crippen LogP contribution is -2.01. The van der Waals surface area contributed by atoms with E-state index in [1.165, 1.54) is 19.6 Å². The summed E-state index contributed by atoms with van der Waals surface area (Å²) in [6.45, 7) is 0. The first-order chi connectivity index (χ1) is 7.31. The van der Waals surface area contributed by atoms with Gasteiger partial charge in [-0.15, -0.1) is 0 Å². The summed E-state index contributed by atoms with van der Waals surface area (Å²) >= 11 is 0. The summed E-state index contributed by atoms with van der Waals surface area (Å²) in [5.41, 5.74) is 1.21. The maximum absolute atomic E-state index is 9.92.